The van der Waals surface area contributed by atoms with Gasteiger partial charge in [0.15, 0.2) is 5.82 Å². The first kappa shape index (κ1) is 15.8. The summed E-state index contributed by atoms with van der Waals surface area (Å²) in [5.41, 5.74) is 8.57. The molecule has 0 atom stereocenters. The van der Waals surface area contributed by atoms with Gasteiger partial charge < -0.3 is 5.73 Å². The van der Waals surface area contributed by atoms with Crippen LogP contribution in [0, 0.1) is 5.92 Å². The van der Waals surface area contributed by atoms with Gasteiger partial charge in [-0.05, 0) is 18.1 Å². The van der Waals surface area contributed by atoms with Crippen LogP contribution in [0.2, 0.25) is 0 Å². The predicted octanol–water partition coefficient (Wildman–Crippen LogP) is 2.29. The summed E-state index contributed by atoms with van der Waals surface area (Å²) >= 11 is 0. The van der Waals surface area contributed by atoms with Gasteiger partial charge in [0.1, 0.15) is 5.82 Å². The van der Waals surface area contributed by atoms with E-state index in [0.717, 1.165) is 43.4 Å². The van der Waals surface area contributed by atoms with Gasteiger partial charge in [0.2, 0.25) is 0 Å². The fraction of sp³-hybridized carbons (Fsp3) is 0.467. The quantitative estimate of drug-likeness (QED) is 0.945. The van der Waals surface area contributed by atoms with Crippen molar-refractivity contribution in [2.45, 2.75) is 26.8 Å². The summed E-state index contributed by atoms with van der Waals surface area (Å²) in [7, 11) is 0. The Morgan fingerprint density at radius 1 is 1.33 bits per heavy atom. The highest BCUT2D eigenvalue weighted by Crippen LogP contribution is 2.26. The third-order valence-electron chi connectivity index (χ3n) is 3.64. The van der Waals surface area contributed by atoms with E-state index in [1.165, 1.54) is 5.56 Å². The van der Waals surface area contributed by atoms with E-state index in [1.807, 2.05) is 18.2 Å². The van der Waals surface area contributed by atoms with Crippen LogP contribution in [0.15, 0.2) is 24.4 Å². The lowest BCUT2D eigenvalue weighted by Gasteiger charge is -2.27. The van der Waals surface area contributed by atoms with Crippen LogP contribution in [0.1, 0.15) is 25.1 Å². The minimum absolute atomic E-state index is 0. The first-order valence-corrected chi connectivity index (χ1v) is 7.15. The van der Waals surface area contributed by atoms with Crippen molar-refractivity contribution in [3.05, 3.63) is 35.7 Å². The monoisotopic (exact) mass is 307 g/mol. The van der Waals surface area contributed by atoms with Crippen LogP contribution in [-0.4, -0.2) is 32.8 Å². The topological polar surface area (TPSA) is 60.0 Å². The third-order valence-corrected chi connectivity index (χ3v) is 3.64. The molecule has 6 heteroatoms. The van der Waals surface area contributed by atoms with Crippen LogP contribution >= 0.6 is 12.4 Å². The maximum Gasteiger partial charge on any atom is 0.155 e. The van der Waals surface area contributed by atoms with Crippen LogP contribution in [0.25, 0.3) is 5.82 Å². The Hall–Kier alpha value is -1.59. The minimum atomic E-state index is 0. The average molecular weight is 308 g/mol. The minimum Gasteiger partial charge on any atom is -0.383 e. The Morgan fingerprint density at radius 2 is 2.14 bits per heavy atom. The van der Waals surface area contributed by atoms with Gasteiger partial charge in [-0.25, -0.2) is 4.98 Å². The molecular weight excluding hydrogens is 286 g/mol. The van der Waals surface area contributed by atoms with E-state index in [2.05, 4.69) is 28.8 Å². The van der Waals surface area contributed by atoms with Gasteiger partial charge in [0.25, 0.3) is 0 Å². The molecule has 0 unspecified atom stereocenters. The Bertz CT molecular complexity index is 594. The van der Waals surface area contributed by atoms with Crippen molar-refractivity contribution in [1.82, 2.24) is 19.7 Å². The molecule has 114 valence electrons. The van der Waals surface area contributed by atoms with E-state index in [0.29, 0.717) is 5.92 Å². The molecule has 3 heterocycles. The number of nitrogens with zero attached hydrogens (tertiary/aromatic N) is 4. The summed E-state index contributed by atoms with van der Waals surface area (Å²) in [5.74, 6) is 2.19. The molecule has 0 aromatic carbocycles. The summed E-state index contributed by atoms with van der Waals surface area (Å²) in [5, 5.41) is 4.64. The zero-order valence-corrected chi connectivity index (χ0v) is 13.3. The maximum atomic E-state index is 6.28. The second kappa shape index (κ2) is 6.45. The Labute approximate surface area is 131 Å². The number of fused-ring (bicyclic) bond motifs is 1. The van der Waals surface area contributed by atoms with Crippen LogP contribution in [0.4, 0.5) is 5.82 Å². The molecule has 1 aliphatic heterocycles. The molecule has 0 bridgehead atoms. The summed E-state index contributed by atoms with van der Waals surface area (Å²) in [4.78, 5) is 6.78. The molecule has 2 N–H and O–H groups in total. The highest BCUT2D eigenvalue weighted by Gasteiger charge is 2.24. The Balaban J connectivity index is 0.00000161. The van der Waals surface area contributed by atoms with Crippen LogP contribution in [0.3, 0.4) is 0 Å². The number of hydrogen-bond acceptors (Lipinski definition) is 4. The van der Waals surface area contributed by atoms with Crippen molar-refractivity contribution in [1.29, 1.82) is 0 Å². The molecule has 0 spiro atoms. The summed E-state index contributed by atoms with van der Waals surface area (Å²) < 4.78 is 1.77. The van der Waals surface area contributed by atoms with Crippen LogP contribution in [0.5, 0.6) is 0 Å². The lowest BCUT2D eigenvalue weighted by molar-refractivity contribution is 0.226. The van der Waals surface area contributed by atoms with Crippen molar-refractivity contribution < 1.29 is 0 Å². The van der Waals surface area contributed by atoms with Gasteiger partial charge in [-0.15, -0.1) is 12.4 Å². The zero-order valence-electron chi connectivity index (χ0n) is 12.5. The van der Waals surface area contributed by atoms with Gasteiger partial charge in [0, 0.05) is 37.8 Å². The molecule has 2 aromatic rings. The molecule has 5 nitrogen and oxygen atoms in total. The molecule has 2 aromatic heterocycles. The van der Waals surface area contributed by atoms with E-state index in [9.17, 15) is 0 Å². The first-order chi connectivity index (χ1) is 9.65. The van der Waals surface area contributed by atoms with Gasteiger partial charge in [-0.1, -0.05) is 19.9 Å². The molecule has 0 saturated heterocycles. The van der Waals surface area contributed by atoms with Crippen molar-refractivity contribution in [3.8, 4) is 5.82 Å². The number of pyridine rings is 1. The molecule has 3 rings (SSSR count). The lowest BCUT2D eigenvalue weighted by Crippen LogP contribution is -2.33. The normalized spacial score (nSPS) is 14.8. The molecule has 0 radical (unpaired) electrons. The first-order valence-electron chi connectivity index (χ1n) is 7.15. The van der Waals surface area contributed by atoms with Crippen LogP contribution < -0.4 is 5.73 Å². The van der Waals surface area contributed by atoms with E-state index in [4.69, 9.17) is 5.73 Å². The number of nitrogens with two attached hydrogens (primary N) is 1. The Kier molecular flexibility index (Phi) is 4.85. The number of anilines is 1. The van der Waals surface area contributed by atoms with Crippen molar-refractivity contribution in [2.75, 3.05) is 18.8 Å². The standard InChI is InChI=1S/C15H21N5.ClH/c1-11(2)9-19-8-6-13-12(10-19)15(16)20(18-13)14-5-3-4-7-17-14;/h3-5,7,11H,6,8-10,16H2,1-2H3;1H. The zero-order chi connectivity index (χ0) is 14.1. The Morgan fingerprint density at radius 3 is 2.81 bits per heavy atom. The van der Waals surface area contributed by atoms with Gasteiger partial charge in [-0.2, -0.15) is 9.78 Å². The number of nitrogen functional groups attached to an aromatic ring is 1. The number of aromatic nitrogens is 3. The van der Waals surface area contributed by atoms with Gasteiger partial charge >= 0.3 is 0 Å². The van der Waals surface area contributed by atoms with E-state index < -0.39 is 0 Å². The van der Waals surface area contributed by atoms with Crippen molar-refractivity contribution >= 4 is 18.2 Å². The number of halogens is 1. The average Bonchev–Trinajstić information content (AvgIpc) is 2.76. The predicted molar refractivity (Wildman–Crippen MR) is 86.8 cm³/mol. The second-order valence-electron chi connectivity index (χ2n) is 5.79. The summed E-state index contributed by atoms with van der Waals surface area (Å²) in [6, 6.07) is 5.78. The van der Waals surface area contributed by atoms with E-state index in [1.54, 1.807) is 10.9 Å². The van der Waals surface area contributed by atoms with Gasteiger partial charge in [-0.3, -0.25) is 4.90 Å². The third kappa shape index (κ3) is 3.19. The number of hydrogen-bond donors (Lipinski definition) is 1. The molecular formula is C15H22ClN5. The fourth-order valence-electron chi connectivity index (χ4n) is 2.78. The smallest absolute Gasteiger partial charge is 0.155 e. The van der Waals surface area contributed by atoms with Gasteiger partial charge in [0.05, 0.1) is 5.69 Å². The van der Waals surface area contributed by atoms with Crippen molar-refractivity contribution in [2.24, 2.45) is 5.92 Å². The highest BCUT2D eigenvalue weighted by atomic mass is 35.5. The molecule has 0 amide bonds. The van der Waals surface area contributed by atoms with Crippen LogP contribution in [-0.2, 0) is 13.0 Å². The fourth-order valence-corrected chi connectivity index (χ4v) is 2.78. The number of rotatable bonds is 3. The maximum absolute atomic E-state index is 6.28. The summed E-state index contributed by atoms with van der Waals surface area (Å²) in [6.07, 6.45) is 2.73. The highest BCUT2D eigenvalue weighted by molar-refractivity contribution is 5.85. The molecule has 1 aliphatic rings. The SMILES string of the molecule is CC(C)CN1CCc2nn(-c3ccccn3)c(N)c2C1.Cl. The van der Waals surface area contributed by atoms with E-state index >= 15 is 0 Å². The second-order valence-corrected chi connectivity index (χ2v) is 5.79. The largest absolute Gasteiger partial charge is 0.383 e. The molecule has 0 aliphatic carbocycles. The lowest BCUT2D eigenvalue weighted by atomic mass is 10.1. The molecule has 0 fully saturated rings. The molecule has 21 heavy (non-hydrogen) atoms. The van der Waals surface area contributed by atoms with Crippen molar-refractivity contribution in [3.63, 3.8) is 0 Å². The van der Waals surface area contributed by atoms with E-state index in [-0.39, 0.29) is 12.4 Å². The molecule has 0 saturated carbocycles. The summed E-state index contributed by atoms with van der Waals surface area (Å²) in [6.45, 7) is 7.55.